The van der Waals surface area contributed by atoms with Gasteiger partial charge >= 0.3 is 0 Å². The van der Waals surface area contributed by atoms with E-state index in [1.807, 2.05) is 35.6 Å². The molecule has 6 heterocycles. The van der Waals surface area contributed by atoms with Crippen LogP contribution in [0.4, 0.5) is 11.4 Å². The number of aliphatic hydroxyl groups is 2. The SMILES string of the molecule is COc1cc2nn([C@H]3CCC[C@@](C)(O)C3)cc2cc1C(=O)Nc1cnn2cccnc12.COc1cc2nn([C@H]3CCC[C@@](C)(O)C3)cc2cc1C(=O)Nc1cnn2cccnc12. The number of fused-ring (bicyclic) bond motifs is 4. The topological polar surface area (TPSA) is 213 Å². The Morgan fingerprint density at radius 3 is 1.53 bits per heavy atom. The van der Waals surface area contributed by atoms with Crippen LogP contribution in [0.2, 0.25) is 0 Å². The maximum Gasteiger partial charge on any atom is 0.259 e. The average molecular weight is 841 g/mol. The monoisotopic (exact) mass is 840 g/mol. The summed E-state index contributed by atoms with van der Waals surface area (Å²) in [5.41, 5.74) is 3.12. The first-order chi connectivity index (χ1) is 29.9. The van der Waals surface area contributed by atoms with Gasteiger partial charge < -0.3 is 30.3 Å². The first-order valence-electron chi connectivity index (χ1n) is 20.6. The molecule has 2 aromatic carbocycles. The minimum absolute atomic E-state index is 0.129. The lowest BCUT2D eigenvalue weighted by Crippen LogP contribution is -2.33. The molecule has 0 radical (unpaired) electrons. The Balaban J connectivity index is 0.000000158. The van der Waals surface area contributed by atoms with Crippen molar-refractivity contribution < 1.29 is 29.3 Å². The van der Waals surface area contributed by atoms with Gasteiger partial charge in [0.2, 0.25) is 0 Å². The van der Waals surface area contributed by atoms with E-state index in [1.165, 1.54) is 14.2 Å². The molecular weight excluding hydrogens is 793 g/mol. The van der Waals surface area contributed by atoms with Crippen molar-refractivity contribution in [1.29, 1.82) is 0 Å². The first-order valence-corrected chi connectivity index (χ1v) is 20.6. The average Bonchev–Trinajstić information content (AvgIpc) is 4.07. The number of aromatic nitrogens is 10. The van der Waals surface area contributed by atoms with Crippen LogP contribution in [0.25, 0.3) is 33.1 Å². The smallest absolute Gasteiger partial charge is 0.259 e. The van der Waals surface area contributed by atoms with Crippen LogP contribution in [-0.4, -0.2) is 96.2 Å². The van der Waals surface area contributed by atoms with Crippen LogP contribution < -0.4 is 20.1 Å². The summed E-state index contributed by atoms with van der Waals surface area (Å²) >= 11 is 0. The maximum absolute atomic E-state index is 13.1. The highest BCUT2D eigenvalue weighted by molar-refractivity contribution is 6.10. The standard InChI is InChI=1S/2C22H24N6O3/c2*1-22(30)6-3-5-15(11-22)28-13-14-9-16(19(31-2)10-17(14)26-28)21(29)25-18-12-24-27-8-4-7-23-20(18)27/h2*4,7-10,12-13,15,30H,3,5-6,11H2,1-2H3,(H,25,29)/t2*15-,22+/m00/s1. The Labute approximate surface area is 355 Å². The van der Waals surface area contributed by atoms with Crippen LogP contribution in [0.3, 0.4) is 0 Å². The molecule has 18 nitrogen and oxygen atoms in total. The van der Waals surface area contributed by atoms with E-state index in [2.05, 4.69) is 30.8 Å². The van der Waals surface area contributed by atoms with Gasteiger partial charge in [-0.25, -0.2) is 19.0 Å². The lowest BCUT2D eigenvalue weighted by molar-refractivity contribution is 0.00142. The number of ether oxygens (including phenoxy) is 2. The van der Waals surface area contributed by atoms with Gasteiger partial charge in [-0.2, -0.15) is 20.4 Å². The van der Waals surface area contributed by atoms with Crippen LogP contribution in [0, 0.1) is 0 Å². The number of nitrogens with one attached hydrogen (secondary N) is 2. The van der Waals surface area contributed by atoms with Crippen molar-refractivity contribution in [2.45, 2.75) is 88.5 Å². The number of carbonyl (C=O) groups is 2. The fourth-order valence-electron chi connectivity index (χ4n) is 8.73. The number of benzene rings is 2. The fraction of sp³-hybridized carbons (Fsp3) is 0.364. The molecular formula is C44H48N12O6. The van der Waals surface area contributed by atoms with Gasteiger partial charge in [0, 0.05) is 60.1 Å². The Hall–Kier alpha value is -6.92. The van der Waals surface area contributed by atoms with Crippen molar-refractivity contribution in [1.82, 2.24) is 48.8 Å². The normalized spacial score (nSPS) is 21.5. The second kappa shape index (κ2) is 16.2. The summed E-state index contributed by atoms with van der Waals surface area (Å²) in [6.07, 6.45) is 20.6. The summed E-state index contributed by atoms with van der Waals surface area (Å²) in [7, 11) is 3.06. The molecule has 2 fully saturated rings. The second-order valence-electron chi connectivity index (χ2n) is 16.7. The molecule has 0 unspecified atom stereocenters. The van der Waals surface area contributed by atoms with E-state index in [0.29, 0.717) is 58.1 Å². The van der Waals surface area contributed by atoms with Crippen LogP contribution in [0.15, 0.2) is 86.0 Å². The van der Waals surface area contributed by atoms with Gasteiger partial charge in [-0.05, 0) is 89.5 Å². The molecule has 2 aliphatic carbocycles. The van der Waals surface area contributed by atoms with Gasteiger partial charge in [-0.15, -0.1) is 0 Å². The summed E-state index contributed by atoms with van der Waals surface area (Å²) in [4.78, 5) is 34.6. The molecule has 2 aliphatic rings. The number of hydrogen-bond acceptors (Lipinski definition) is 12. The molecule has 320 valence electrons. The summed E-state index contributed by atoms with van der Waals surface area (Å²) in [5.74, 6) is 0.256. The molecule has 8 aromatic rings. The number of hydrogen-bond donors (Lipinski definition) is 4. The van der Waals surface area contributed by atoms with Crippen LogP contribution in [0.5, 0.6) is 11.5 Å². The summed E-state index contributed by atoms with van der Waals surface area (Å²) in [5, 5.41) is 46.1. The molecule has 2 saturated carbocycles. The van der Waals surface area contributed by atoms with Crippen LogP contribution in [0.1, 0.15) is 98.0 Å². The third-order valence-corrected chi connectivity index (χ3v) is 11.8. The number of anilines is 2. The zero-order valence-corrected chi connectivity index (χ0v) is 34.9. The highest BCUT2D eigenvalue weighted by Crippen LogP contribution is 2.38. The fourth-order valence-corrected chi connectivity index (χ4v) is 8.73. The molecule has 0 aliphatic heterocycles. The predicted molar refractivity (Wildman–Crippen MR) is 231 cm³/mol. The maximum atomic E-state index is 13.1. The lowest BCUT2D eigenvalue weighted by Gasteiger charge is -2.33. The van der Waals surface area contributed by atoms with Crippen molar-refractivity contribution in [2.24, 2.45) is 0 Å². The highest BCUT2D eigenvalue weighted by atomic mass is 16.5. The zero-order valence-electron chi connectivity index (χ0n) is 34.9. The van der Waals surface area contributed by atoms with Gasteiger partial charge in [0.1, 0.15) is 22.9 Å². The van der Waals surface area contributed by atoms with Gasteiger partial charge in [0.25, 0.3) is 11.8 Å². The summed E-state index contributed by atoms with van der Waals surface area (Å²) in [6, 6.07) is 10.9. The van der Waals surface area contributed by atoms with Crippen molar-refractivity contribution in [3.05, 3.63) is 97.1 Å². The first kappa shape index (κ1) is 40.5. The van der Waals surface area contributed by atoms with Gasteiger partial charge in [0.05, 0.1) is 72.1 Å². The quantitative estimate of drug-likeness (QED) is 0.131. The molecule has 62 heavy (non-hydrogen) atoms. The van der Waals surface area contributed by atoms with Crippen LogP contribution in [-0.2, 0) is 0 Å². The zero-order chi connectivity index (χ0) is 43.2. The van der Waals surface area contributed by atoms with Gasteiger partial charge in [-0.3, -0.25) is 19.0 Å². The number of carbonyl (C=O) groups excluding carboxylic acids is 2. The van der Waals surface area contributed by atoms with Crippen molar-refractivity contribution >= 4 is 56.3 Å². The molecule has 6 aromatic heterocycles. The molecule has 2 amide bonds. The molecule has 4 atom stereocenters. The number of methoxy groups -OCH3 is 2. The summed E-state index contributed by atoms with van der Waals surface area (Å²) < 4.78 is 18.0. The van der Waals surface area contributed by atoms with E-state index in [9.17, 15) is 19.8 Å². The molecule has 0 bridgehead atoms. The van der Waals surface area contributed by atoms with E-state index in [1.54, 1.807) is 82.6 Å². The van der Waals surface area contributed by atoms with E-state index >= 15 is 0 Å². The second-order valence-corrected chi connectivity index (χ2v) is 16.7. The summed E-state index contributed by atoms with van der Waals surface area (Å²) in [6.45, 7) is 3.76. The van der Waals surface area contributed by atoms with Crippen molar-refractivity contribution in [3.63, 3.8) is 0 Å². The van der Waals surface area contributed by atoms with Crippen molar-refractivity contribution in [2.75, 3.05) is 24.9 Å². The Kier molecular flexibility index (Phi) is 10.6. The molecule has 4 N–H and O–H groups in total. The molecule has 0 saturated heterocycles. The largest absolute Gasteiger partial charge is 0.496 e. The van der Waals surface area contributed by atoms with Gasteiger partial charge in [0.15, 0.2) is 11.3 Å². The Morgan fingerprint density at radius 1 is 0.694 bits per heavy atom. The minimum atomic E-state index is -0.674. The third kappa shape index (κ3) is 8.13. The molecule has 10 rings (SSSR count). The van der Waals surface area contributed by atoms with E-state index < -0.39 is 11.2 Å². The number of amides is 2. The lowest BCUT2D eigenvalue weighted by atomic mass is 9.83. The Morgan fingerprint density at radius 2 is 1.13 bits per heavy atom. The minimum Gasteiger partial charge on any atom is -0.496 e. The van der Waals surface area contributed by atoms with E-state index in [-0.39, 0.29) is 23.9 Å². The number of rotatable bonds is 8. The van der Waals surface area contributed by atoms with Gasteiger partial charge in [-0.1, -0.05) is 0 Å². The third-order valence-electron chi connectivity index (χ3n) is 11.8. The van der Waals surface area contributed by atoms with Crippen LogP contribution >= 0.6 is 0 Å². The van der Waals surface area contributed by atoms with Crippen molar-refractivity contribution in [3.8, 4) is 11.5 Å². The predicted octanol–water partition coefficient (Wildman–Crippen LogP) is 6.41. The van der Waals surface area contributed by atoms with E-state index in [4.69, 9.17) is 19.7 Å². The van der Waals surface area contributed by atoms with E-state index in [0.717, 1.165) is 60.3 Å². The molecule has 0 spiro atoms. The molecule has 18 heteroatoms. The number of nitrogens with zero attached hydrogens (tertiary/aromatic N) is 10. The highest BCUT2D eigenvalue weighted by Gasteiger charge is 2.33. The Bertz CT molecular complexity index is 2750.